The summed E-state index contributed by atoms with van der Waals surface area (Å²) in [7, 11) is 1.91. The number of hydrogen-bond donors (Lipinski definition) is 2. The third kappa shape index (κ3) is 4.21. The Bertz CT molecular complexity index is 1150. The lowest BCUT2D eigenvalue weighted by Crippen LogP contribution is -2.49. The summed E-state index contributed by atoms with van der Waals surface area (Å²) in [6.45, 7) is 8.84. The predicted molar refractivity (Wildman–Crippen MR) is 135 cm³/mol. The van der Waals surface area contributed by atoms with Crippen LogP contribution in [0.5, 0.6) is 0 Å². The summed E-state index contributed by atoms with van der Waals surface area (Å²) in [5, 5.41) is 9.11. The Balaban J connectivity index is 1.40. The van der Waals surface area contributed by atoms with E-state index in [9.17, 15) is 4.79 Å². The molecular formula is C27H37N5O. The second-order valence-electron chi connectivity index (χ2n) is 10.7. The highest BCUT2D eigenvalue weighted by molar-refractivity contribution is 5.99. The number of amides is 1. The number of hydrogen-bond acceptors (Lipinski definition) is 3. The zero-order valence-corrected chi connectivity index (χ0v) is 20.5. The Labute approximate surface area is 196 Å². The normalized spacial score (nSPS) is 19.4. The first-order chi connectivity index (χ1) is 15.9. The molecule has 176 valence electrons. The smallest absolute Gasteiger partial charge is 0.244 e. The number of benzene rings is 1. The average molecular weight is 448 g/mol. The molecule has 0 saturated carbocycles. The van der Waals surface area contributed by atoms with Crippen molar-refractivity contribution in [1.29, 1.82) is 0 Å². The van der Waals surface area contributed by atoms with E-state index in [1.54, 1.807) is 0 Å². The van der Waals surface area contributed by atoms with Crippen LogP contribution in [0.4, 0.5) is 5.69 Å². The molecule has 2 aromatic heterocycles. The SMILES string of the molecule is CCC(C(=O)N(C)c1ccc2cc(-c3n[nH]c4c3CCC(C)(C)C4)[nH]c2c1)N1CCCCC1. The van der Waals surface area contributed by atoms with E-state index in [1.165, 1.54) is 36.9 Å². The number of H-pyrrole nitrogens is 2. The number of likely N-dealkylation sites (tertiary alicyclic amines) is 1. The molecule has 0 spiro atoms. The van der Waals surface area contributed by atoms with E-state index in [1.807, 2.05) is 11.9 Å². The number of piperidine rings is 1. The summed E-state index contributed by atoms with van der Waals surface area (Å²) in [6.07, 6.45) is 7.79. The third-order valence-corrected chi connectivity index (χ3v) is 7.74. The molecule has 2 N–H and O–H groups in total. The molecule has 1 aliphatic heterocycles. The Morgan fingerprint density at radius 3 is 2.76 bits per heavy atom. The maximum absolute atomic E-state index is 13.4. The maximum atomic E-state index is 13.4. The second kappa shape index (κ2) is 8.64. The van der Waals surface area contributed by atoms with Crippen LogP contribution in [0.2, 0.25) is 0 Å². The van der Waals surface area contributed by atoms with E-state index in [2.05, 4.69) is 65.1 Å². The Morgan fingerprint density at radius 2 is 2.00 bits per heavy atom. The van der Waals surface area contributed by atoms with Gasteiger partial charge in [0.05, 0.1) is 11.7 Å². The molecule has 1 saturated heterocycles. The quantitative estimate of drug-likeness (QED) is 0.558. The molecule has 1 atom stereocenters. The first-order valence-electron chi connectivity index (χ1n) is 12.6. The number of aromatic nitrogens is 3. The number of nitrogens with one attached hydrogen (secondary N) is 2. The molecule has 1 aliphatic carbocycles. The highest BCUT2D eigenvalue weighted by atomic mass is 16.2. The number of carbonyl (C=O) groups is 1. The summed E-state index contributed by atoms with van der Waals surface area (Å²) >= 11 is 0. The fraction of sp³-hybridized carbons (Fsp3) is 0.556. The van der Waals surface area contributed by atoms with Gasteiger partial charge in [-0.2, -0.15) is 5.10 Å². The third-order valence-electron chi connectivity index (χ3n) is 7.74. The van der Waals surface area contributed by atoms with Crippen LogP contribution in [0.3, 0.4) is 0 Å². The summed E-state index contributed by atoms with van der Waals surface area (Å²) in [5.41, 5.74) is 7.01. The van der Waals surface area contributed by atoms with Crippen LogP contribution in [0.1, 0.15) is 64.1 Å². The van der Waals surface area contributed by atoms with Gasteiger partial charge in [-0.1, -0.05) is 33.3 Å². The highest BCUT2D eigenvalue weighted by Crippen LogP contribution is 2.38. The molecule has 3 heterocycles. The Morgan fingerprint density at radius 1 is 1.21 bits per heavy atom. The van der Waals surface area contributed by atoms with Crippen molar-refractivity contribution < 1.29 is 4.79 Å². The Kier molecular flexibility index (Phi) is 5.81. The summed E-state index contributed by atoms with van der Waals surface area (Å²) in [4.78, 5) is 21.2. The van der Waals surface area contributed by atoms with Gasteiger partial charge >= 0.3 is 0 Å². The van der Waals surface area contributed by atoms with Crippen molar-refractivity contribution in [2.24, 2.45) is 5.41 Å². The van der Waals surface area contributed by atoms with Gasteiger partial charge in [-0.05, 0) is 75.2 Å². The van der Waals surface area contributed by atoms with Crippen molar-refractivity contribution >= 4 is 22.5 Å². The zero-order chi connectivity index (χ0) is 23.2. The molecular weight excluding hydrogens is 410 g/mol. The first kappa shape index (κ1) is 22.2. The van der Waals surface area contributed by atoms with Crippen LogP contribution in [-0.4, -0.2) is 52.2 Å². The van der Waals surface area contributed by atoms with Crippen molar-refractivity contribution in [1.82, 2.24) is 20.1 Å². The molecule has 3 aromatic rings. The largest absolute Gasteiger partial charge is 0.353 e. The fourth-order valence-electron chi connectivity index (χ4n) is 5.69. The lowest BCUT2D eigenvalue weighted by Gasteiger charge is -2.35. The van der Waals surface area contributed by atoms with Crippen LogP contribution in [0.15, 0.2) is 24.3 Å². The zero-order valence-electron chi connectivity index (χ0n) is 20.5. The molecule has 1 fully saturated rings. The highest BCUT2D eigenvalue weighted by Gasteiger charge is 2.30. The van der Waals surface area contributed by atoms with E-state index in [-0.39, 0.29) is 11.9 Å². The number of aromatic amines is 2. The van der Waals surface area contributed by atoms with E-state index < -0.39 is 0 Å². The minimum Gasteiger partial charge on any atom is -0.353 e. The van der Waals surface area contributed by atoms with Gasteiger partial charge in [0.1, 0.15) is 5.69 Å². The molecule has 1 amide bonds. The molecule has 5 rings (SSSR count). The summed E-state index contributed by atoms with van der Waals surface area (Å²) < 4.78 is 0. The lowest BCUT2D eigenvalue weighted by molar-refractivity contribution is -0.124. The lowest BCUT2D eigenvalue weighted by atomic mass is 9.76. The van der Waals surface area contributed by atoms with Gasteiger partial charge in [0.15, 0.2) is 0 Å². The van der Waals surface area contributed by atoms with E-state index in [0.29, 0.717) is 5.41 Å². The number of anilines is 1. The van der Waals surface area contributed by atoms with E-state index >= 15 is 0 Å². The second-order valence-corrected chi connectivity index (χ2v) is 10.7. The van der Waals surface area contributed by atoms with E-state index in [4.69, 9.17) is 0 Å². The van der Waals surface area contributed by atoms with Crippen LogP contribution >= 0.6 is 0 Å². The maximum Gasteiger partial charge on any atom is 0.244 e. The van der Waals surface area contributed by atoms with Crippen molar-refractivity contribution in [3.63, 3.8) is 0 Å². The van der Waals surface area contributed by atoms with Crippen molar-refractivity contribution in [3.05, 3.63) is 35.5 Å². The average Bonchev–Trinajstić information content (AvgIpc) is 3.41. The molecule has 0 radical (unpaired) electrons. The molecule has 0 bridgehead atoms. The monoisotopic (exact) mass is 447 g/mol. The van der Waals surface area contributed by atoms with Gasteiger partial charge in [0.25, 0.3) is 0 Å². The predicted octanol–water partition coefficient (Wildman–Crippen LogP) is 5.30. The van der Waals surface area contributed by atoms with Gasteiger partial charge < -0.3 is 9.88 Å². The van der Waals surface area contributed by atoms with Crippen LogP contribution in [0.25, 0.3) is 22.3 Å². The van der Waals surface area contributed by atoms with Crippen molar-refractivity contribution in [3.8, 4) is 11.4 Å². The summed E-state index contributed by atoms with van der Waals surface area (Å²) in [6, 6.07) is 8.41. The van der Waals surface area contributed by atoms with Crippen LogP contribution < -0.4 is 4.90 Å². The summed E-state index contributed by atoms with van der Waals surface area (Å²) in [5.74, 6) is 0.189. The number of carbonyl (C=O) groups excluding carboxylic acids is 1. The molecule has 2 aliphatic rings. The minimum absolute atomic E-state index is 0.0370. The molecule has 33 heavy (non-hydrogen) atoms. The number of rotatable bonds is 5. The molecule has 6 heteroatoms. The van der Waals surface area contributed by atoms with Crippen molar-refractivity contribution in [2.75, 3.05) is 25.0 Å². The van der Waals surface area contributed by atoms with Crippen LogP contribution in [0, 0.1) is 5.41 Å². The Hall–Kier alpha value is -2.60. The number of likely N-dealkylation sites (N-methyl/N-ethyl adjacent to an activating group) is 1. The number of fused-ring (bicyclic) bond motifs is 2. The molecule has 1 unspecified atom stereocenters. The van der Waals surface area contributed by atoms with Gasteiger partial charge in [-0.25, -0.2) is 0 Å². The van der Waals surface area contributed by atoms with Gasteiger partial charge in [0.2, 0.25) is 5.91 Å². The van der Waals surface area contributed by atoms with Gasteiger partial charge in [0, 0.05) is 34.9 Å². The minimum atomic E-state index is -0.0370. The van der Waals surface area contributed by atoms with Gasteiger partial charge in [-0.3, -0.25) is 14.8 Å². The van der Waals surface area contributed by atoms with Crippen LogP contribution in [-0.2, 0) is 17.6 Å². The number of nitrogens with zero attached hydrogens (tertiary/aromatic N) is 3. The molecule has 6 nitrogen and oxygen atoms in total. The standard InChI is InChI=1S/C27H37N5O/c1-5-24(32-13-7-6-8-14-32)26(33)31(4)19-10-9-18-15-22(28-21(18)16-19)25-20-11-12-27(2,3)17-23(20)29-30-25/h9-10,15-16,24,28H,5-8,11-14,17H2,1-4H3,(H,29,30). The van der Waals surface area contributed by atoms with E-state index in [0.717, 1.165) is 60.3 Å². The topological polar surface area (TPSA) is 68.0 Å². The first-order valence-corrected chi connectivity index (χ1v) is 12.6. The van der Waals surface area contributed by atoms with Crippen molar-refractivity contribution in [2.45, 2.75) is 71.8 Å². The fourth-order valence-corrected chi connectivity index (χ4v) is 5.69. The molecule has 1 aromatic carbocycles. The van der Waals surface area contributed by atoms with Gasteiger partial charge in [-0.15, -0.1) is 0 Å².